The average molecular weight is 198 g/mol. The van der Waals surface area contributed by atoms with E-state index in [0.717, 1.165) is 0 Å². The summed E-state index contributed by atoms with van der Waals surface area (Å²) in [5, 5.41) is 0. The SMILES string of the molecule is CCOC(=O)C1CC2(COC2)CC1=O. The van der Waals surface area contributed by atoms with E-state index < -0.39 is 5.92 Å². The van der Waals surface area contributed by atoms with Crippen LogP contribution in [0, 0.1) is 11.3 Å². The fourth-order valence-corrected chi connectivity index (χ4v) is 2.18. The predicted molar refractivity (Wildman–Crippen MR) is 47.6 cm³/mol. The summed E-state index contributed by atoms with van der Waals surface area (Å²) in [6, 6.07) is 0. The molecule has 2 rings (SSSR count). The van der Waals surface area contributed by atoms with Gasteiger partial charge in [0, 0.05) is 11.8 Å². The van der Waals surface area contributed by atoms with Crippen LogP contribution in [0.2, 0.25) is 0 Å². The number of Topliss-reactive ketones (excluding diaryl/α,β-unsaturated/α-hetero) is 1. The zero-order chi connectivity index (χ0) is 10.2. The summed E-state index contributed by atoms with van der Waals surface area (Å²) in [4.78, 5) is 22.9. The smallest absolute Gasteiger partial charge is 0.316 e. The predicted octanol–water partition coefficient (Wildman–Crippen LogP) is 0.545. The Morgan fingerprint density at radius 3 is 2.79 bits per heavy atom. The van der Waals surface area contributed by atoms with Crippen LogP contribution in [0.4, 0.5) is 0 Å². The van der Waals surface area contributed by atoms with Crippen LogP contribution < -0.4 is 0 Å². The second-order valence-corrected chi connectivity index (χ2v) is 4.14. The quantitative estimate of drug-likeness (QED) is 0.480. The van der Waals surface area contributed by atoms with Gasteiger partial charge in [-0.3, -0.25) is 9.59 Å². The highest BCUT2D eigenvalue weighted by Gasteiger charge is 2.52. The fraction of sp³-hybridized carbons (Fsp3) is 0.800. The number of carbonyl (C=O) groups is 2. The Labute approximate surface area is 82.6 Å². The molecule has 14 heavy (non-hydrogen) atoms. The number of ketones is 1. The van der Waals surface area contributed by atoms with Gasteiger partial charge in [0.15, 0.2) is 0 Å². The average Bonchev–Trinajstić information content (AvgIpc) is 2.43. The number of esters is 1. The normalized spacial score (nSPS) is 28.9. The minimum Gasteiger partial charge on any atom is -0.465 e. The molecule has 0 aromatic heterocycles. The lowest BCUT2D eigenvalue weighted by Gasteiger charge is -2.37. The number of hydrogen-bond acceptors (Lipinski definition) is 4. The van der Waals surface area contributed by atoms with Crippen LogP contribution in [0.15, 0.2) is 0 Å². The first kappa shape index (κ1) is 9.65. The molecule has 0 N–H and O–H groups in total. The lowest BCUT2D eigenvalue weighted by molar-refractivity contribution is -0.151. The zero-order valence-electron chi connectivity index (χ0n) is 8.25. The van der Waals surface area contributed by atoms with E-state index in [1.165, 1.54) is 0 Å². The third kappa shape index (κ3) is 1.43. The highest BCUT2D eigenvalue weighted by atomic mass is 16.5. The molecule has 0 amide bonds. The summed E-state index contributed by atoms with van der Waals surface area (Å²) in [7, 11) is 0. The summed E-state index contributed by atoms with van der Waals surface area (Å²) in [5.74, 6) is -0.869. The van der Waals surface area contributed by atoms with Crippen molar-refractivity contribution in [1.82, 2.24) is 0 Å². The number of carbonyl (C=O) groups excluding carboxylic acids is 2. The molecule has 2 fully saturated rings. The van der Waals surface area contributed by atoms with Gasteiger partial charge in [0.2, 0.25) is 0 Å². The van der Waals surface area contributed by atoms with Crippen LogP contribution in [-0.2, 0) is 19.1 Å². The summed E-state index contributed by atoms with van der Waals surface area (Å²) >= 11 is 0. The van der Waals surface area contributed by atoms with Gasteiger partial charge in [-0.1, -0.05) is 0 Å². The van der Waals surface area contributed by atoms with Gasteiger partial charge in [0.05, 0.1) is 19.8 Å². The van der Waals surface area contributed by atoms with E-state index in [1.54, 1.807) is 6.92 Å². The Morgan fingerprint density at radius 1 is 1.64 bits per heavy atom. The molecule has 1 saturated carbocycles. The van der Waals surface area contributed by atoms with Gasteiger partial charge in [-0.15, -0.1) is 0 Å². The third-order valence-electron chi connectivity index (χ3n) is 2.96. The van der Waals surface area contributed by atoms with Crippen molar-refractivity contribution in [2.75, 3.05) is 19.8 Å². The van der Waals surface area contributed by atoms with Gasteiger partial charge < -0.3 is 9.47 Å². The lowest BCUT2D eigenvalue weighted by atomic mass is 9.83. The van der Waals surface area contributed by atoms with E-state index in [4.69, 9.17) is 9.47 Å². The monoisotopic (exact) mass is 198 g/mol. The van der Waals surface area contributed by atoms with Crippen molar-refractivity contribution in [3.63, 3.8) is 0 Å². The molecule has 1 aliphatic carbocycles. The Balaban J connectivity index is 2.00. The van der Waals surface area contributed by atoms with E-state index in [-0.39, 0.29) is 17.2 Å². The van der Waals surface area contributed by atoms with Crippen LogP contribution in [-0.4, -0.2) is 31.6 Å². The molecular formula is C10H14O4. The molecule has 4 heteroatoms. The van der Waals surface area contributed by atoms with Crippen molar-refractivity contribution < 1.29 is 19.1 Å². The summed E-state index contributed by atoms with van der Waals surface area (Å²) in [6.07, 6.45) is 1.10. The van der Waals surface area contributed by atoms with Crippen LogP contribution >= 0.6 is 0 Å². The van der Waals surface area contributed by atoms with Gasteiger partial charge in [-0.2, -0.15) is 0 Å². The Morgan fingerprint density at radius 2 is 2.36 bits per heavy atom. The Hall–Kier alpha value is -0.900. The topological polar surface area (TPSA) is 52.6 Å². The minimum atomic E-state index is -0.529. The molecule has 0 radical (unpaired) electrons. The first-order chi connectivity index (χ1) is 6.67. The number of hydrogen-bond donors (Lipinski definition) is 0. The first-order valence-electron chi connectivity index (χ1n) is 4.94. The summed E-state index contributed by atoms with van der Waals surface area (Å²) < 4.78 is 9.95. The maximum atomic E-state index is 11.5. The standard InChI is InChI=1S/C10H14O4/c1-2-14-9(12)7-3-10(4-8(7)11)5-13-6-10/h7H,2-6H2,1H3. The number of ether oxygens (including phenoxy) is 2. The molecule has 0 aromatic rings. The van der Waals surface area contributed by atoms with Gasteiger partial charge in [-0.05, 0) is 13.3 Å². The van der Waals surface area contributed by atoms with Gasteiger partial charge in [0.25, 0.3) is 0 Å². The van der Waals surface area contributed by atoms with Crippen molar-refractivity contribution in [3.8, 4) is 0 Å². The first-order valence-corrected chi connectivity index (χ1v) is 4.94. The molecule has 1 atom stereocenters. The molecule has 78 valence electrons. The maximum absolute atomic E-state index is 11.5. The lowest BCUT2D eigenvalue weighted by Crippen LogP contribution is -2.40. The van der Waals surface area contributed by atoms with Crippen molar-refractivity contribution in [2.45, 2.75) is 19.8 Å². The molecule has 2 aliphatic rings. The molecule has 1 saturated heterocycles. The van der Waals surface area contributed by atoms with Crippen molar-refractivity contribution in [2.24, 2.45) is 11.3 Å². The highest BCUT2D eigenvalue weighted by molar-refractivity contribution is 6.01. The molecule has 0 bridgehead atoms. The summed E-state index contributed by atoms with van der Waals surface area (Å²) in [5.41, 5.74) is -0.0332. The van der Waals surface area contributed by atoms with Crippen molar-refractivity contribution in [3.05, 3.63) is 0 Å². The Kier molecular flexibility index (Phi) is 2.31. The van der Waals surface area contributed by atoms with E-state index in [9.17, 15) is 9.59 Å². The van der Waals surface area contributed by atoms with E-state index in [0.29, 0.717) is 32.7 Å². The van der Waals surface area contributed by atoms with Gasteiger partial charge >= 0.3 is 5.97 Å². The zero-order valence-corrected chi connectivity index (χ0v) is 8.25. The van der Waals surface area contributed by atoms with Gasteiger partial charge in [-0.25, -0.2) is 0 Å². The molecular weight excluding hydrogens is 184 g/mol. The minimum absolute atomic E-state index is 0.0201. The van der Waals surface area contributed by atoms with Crippen LogP contribution in [0.25, 0.3) is 0 Å². The van der Waals surface area contributed by atoms with Gasteiger partial charge in [0.1, 0.15) is 11.7 Å². The second-order valence-electron chi connectivity index (χ2n) is 4.14. The number of rotatable bonds is 2. The summed E-state index contributed by atoms with van der Waals surface area (Å²) in [6.45, 7) is 3.33. The fourth-order valence-electron chi connectivity index (χ4n) is 2.18. The van der Waals surface area contributed by atoms with E-state index in [1.807, 2.05) is 0 Å². The third-order valence-corrected chi connectivity index (χ3v) is 2.96. The van der Waals surface area contributed by atoms with Crippen LogP contribution in [0.3, 0.4) is 0 Å². The molecule has 4 nitrogen and oxygen atoms in total. The molecule has 1 aliphatic heterocycles. The highest BCUT2D eigenvalue weighted by Crippen LogP contribution is 2.45. The molecule has 1 heterocycles. The van der Waals surface area contributed by atoms with Crippen molar-refractivity contribution >= 4 is 11.8 Å². The largest absolute Gasteiger partial charge is 0.465 e. The van der Waals surface area contributed by atoms with Crippen molar-refractivity contribution in [1.29, 1.82) is 0 Å². The molecule has 0 aromatic carbocycles. The molecule has 1 spiro atoms. The van der Waals surface area contributed by atoms with Crippen LogP contribution in [0.5, 0.6) is 0 Å². The van der Waals surface area contributed by atoms with E-state index >= 15 is 0 Å². The van der Waals surface area contributed by atoms with E-state index in [2.05, 4.69) is 0 Å². The maximum Gasteiger partial charge on any atom is 0.316 e. The Bertz CT molecular complexity index is 259. The second kappa shape index (κ2) is 3.35. The van der Waals surface area contributed by atoms with Crippen LogP contribution in [0.1, 0.15) is 19.8 Å². The molecule has 1 unspecified atom stereocenters.